The van der Waals surface area contributed by atoms with E-state index >= 15 is 0 Å². The molecule has 2 aliphatic rings. The number of piperidine rings is 2. The van der Waals surface area contributed by atoms with E-state index < -0.39 is 0 Å². The van der Waals surface area contributed by atoms with E-state index in [1.54, 1.807) is 19.5 Å². The van der Waals surface area contributed by atoms with Crippen LogP contribution in [0.4, 0.5) is 0 Å². The van der Waals surface area contributed by atoms with E-state index in [1.807, 2.05) is 22.8 Å². The van der Waals surface area contributed by atoms with Crippen LogP contribution < -0.4 is 4.74 Å². The fourth-order valence-electron chi connectivity index (χ4n) is 4.62. The van der Waals surface area contributed by atoms with E-state index in [-0.39, 0.29) is 17.1 Å². The molecule has 150 valence electrons. The van der Waals surface area contributed by atoms with Crippen molar-refractivity contribution in [3.05, 3.63) is 36.2 Å². The Morgan fingerprint density at radius 2 is 1.93 bits per heavy atom. The van der Waals surface area contributed by atoms with Crippen LogP contribution in [0.15, 0.2) is 24.7 Å². The number of amides is 1. The number of likely N-dealkylation sites (tertiary alicyclic amines) is 2. The van der Waals surface area contributed by atoms with Gasteiger partial charge in [0.15, 0.2) is 5.75 Å². The number of nitrogens with zero attached hydrogens (tertiary/aromatic N) is 6. The molecule has 2 saturated heterocycles. The molecular weight excluding hydrogens is 356 g/mol. The van der Waals surface area contributed by atoms with Crippen molar-refractivity contribution in [3.8, 4) is 5.75 Å². The molecule has 4 rings (SSSR count). The van der Waals surface area contributed by atoms with Crippen LogP contribution in [-0.4, -0.2) is 68.7 Å². The van der Waals surface area contributed by atoms with Gasteiger partial charge in [0.1, 0.15) is 0 Å². The number of aromatic nitrogens is 4. The van der Waals surface area contributed by atoms with E-state index in [0.29, 0.717) is 5.75 Å². The van der Waals surface area contributed by atoms with Crippen LogP contribution in [0.2, 0.25) is 0 Å². The van der Waals surface area contributed by atoms with Crippen LogP contribution >= 0.6 is 0 Å². The molecule has 2 aromatic rings. The minimum Gasteiger partial charge on any atom is -0.494 e. The highest BCUT2D eigenvalue weighted by Gasteiger charge is 2.41. The third kappa shape index (κ3) is 3.87. The summed E-state index contributed by atoms with van der Waals surface area (Å²) >= 11 is 0. The molecule has 0 aliphatic carbocycles. The second-order valence-corrected chi connectivity index (χ2v) is 8.04. The first kappa shape index (κ1) is 18.9. The van der Waals surface area contributed by atoms with Gasteiger partial charge in [-0.05, 0) is 38.3 Å². The Morgan fingerprint density at radius 1 is 1.18 bits per heavy atom. The zero-order chi connectivity index (χ0) is 19.6. The Morgan fingerprint density at radius 3 is 2.61 bits per heavy atom. The Hall–Kier alpha value is -2.48. The van der Waals surface area contributed by atoms with Crippen molar-refractivity contribution in [1.29, 1.82) is 0 Å². The first-order chi connectivity index (χ1) is 13.6. The highest BCUT2D eigenvalue weighted by Crippen LogP contribution is 2.39. The zero-order valence-electron chi connectivity index (χ0n) is 16.7. The Kier molecular flexibility index (Phi) is 5.30. The maximum absolute atomic E-state index is 12.9. The first-order valence-electron chi connectivity index (χ1n) is 9.93. The quantitative estimate of drug-likeness (QED) is 0.799. The molecule has 1 spiro atoms. The van der Waals surface area contributed by atoms with E-state index in [1.165, 1.54) is 25.0 Å². The zero-order valence-corrected chi connectivity index (χ0v) is 16.7. The van der Waals surface area contributed by atoms with Crippen molar-refractivity contribution < 1.29 is 9.53 Å². The van der Waals surface area contributed by atoms with Gasteiger partial charge in [0.05, 0.1) is 25.2 Å². The number of methoxy groups -OCH3 is 1. The SMILES string of the molecule is COc1cnc(C(=O)N2CCCC3(CCCN(Cc4ccnn4C)C3)C2)nc1. The molecule has 0 aromatic carbocycles. The molecular formula is C20H28N6O2. The third-order valence-corrected chi connectivity index (χ3v) is 6.05. The summed E-state index contributed by atoms with van der Waals surface area (Å²) in [6.45, 7) is 4.59. The van der Waals surface area contributed by atoms with Crippen LogP contribution in [0.3, 0.4) is 0 Å². The lowest BCUT2D eigenvalue weighted by Gasteiger charge is -2.48. The maximum atomic E-state index is 12.9. The largest absolute Gasteiger partial charge is 0.494 e. The highest BCUT2D eigenvalue weighted by molar-refractivity contribution is 5.90. The fourth-order valence-corrected chi connectivity index (χ4v) is 4.62. The first-order valence-corrected chi connectivity index (χ1v) is 9.93. The van der Waals surface area contributed by atoms with Gasteiger partial charge >= 0.3 is 0 Å². The van der Waals surface area contributed by atoms with E-state index in [9.17, 15) is 4.79 Å². The lowest BCUT2D eigenvalue weighted by Crippen LogP contribution is -2.53. The van der Waals surface area contributed by atoms with Gasteiger partial charge in [-0.2, -0.15) is 5.10 Å². The molecule has 4 heterocycles. The lowest BCUT2D eigenvalue weighted by molar-refractivity contribution is 0.0102. The summed E-state index contributed by atoms with van der Waals surface area (Å²) in [4.78, 5) is 25.8. The van der Waals surface area contributed by atoms with Crippen LogP contribution in [0.25, 0.3) is 0 Å². The molecule has 0 radical (unpaired) electrons. The van der Waals surface area contributed by atoms with E-state index in [2.05, 4.69) is 26.0 Å². The summed E-state index contributed by atoms with van der Waals surface area (Å²) in [5, 5.41) is 4.28. The minimum absolute atomic E-state index is 0.0783. The molecule has 2 aliphatic heterocycles. The normalized spacial score (nSPS) is 23.1. The summed E-state index contributed by atoms with van der Waals surface area (Å²) in [5.74, 6) is 0.732. The molecule has 2 aromatic heterocycles. The fraction of sp³-hybridized carbons (Fsp3) is 0.600. The number of rotatable bonds is 4. The van der Waals surface area contributed by atoms with E-state index in [4.69, 9.17) is 4.74 Å². The van der Waals surface area contributed by atoms with Crippen molar-refractivity contribution in [2.24, 2.45) is 12.5 Å². The van der Waals surface area contributed by atoms with Gasteiger partial charge in [-0.1, -0.05) is 0 Å². The number of hydrogen-bond acceptors (Lipinski definition) is 6. The van der Waals surface area contributed by atoms with Crippen molar-refractivity contribution in [3.63, 3.8) is 0 Å². The predicted molar refractivity (Wildman–Crippen MR) is 104 cm³/mol. The summed E-state index contributed by atoms with van der Waals surface area (Å²) < 4.78 is 7.03. The monoisotopic (exact) mass is 384 g/mol. The van der Waals surface area contributed by atoms with Gasteiger partial charge in [-0.25, -0.2) is 9.97 Å². The van der Waals surface area contributed by atoms with Gasteiger partial charge in [0.25, 0.3) is 5.91 Å². The molecule has 28 heavy (non-hydrogen) atoms. The van der Waals surface area contributed by atoms with Crippen LogP contribution in [0.1, 0.15) is 42.0 Å². The van der Waals surface area contributed by atoms with Gasteiger partial charge < -0.3 is 9.64 Å². The lowest BCUT2D eigenvalue weighted by atomic mass is 9.73. The van der Waals surface area contributed by atoms with Crippen LogP contribution in [0.5, 0.6) is 5.75 Å². The molecule has 1 atom stereocenters. The second-order valence-electron chi connectivity index (χ2n) is 8.04. The molecule has 2 fully saturated rings. The summed E-state index contributed by atoms with van der Waals surface area (Å²) in [5.41, 5.74) is 1.39. The number of aryl methyl sites for hydroxylation is 1. The van der Waals surface area contributed by atoms with Crippen molar-refractivity contribution in [2.45, 2.75) is 32.2 Å². The van der Waals surface area contributed by atoms with Gasteiger partial charge in [-0.15, -0.1) is 0 Å². The van der Waals surface area contributed by atoms with Crippen molar-refractivity contribution >= 4 is 5.91 Å². The maximum Gasteiger partial charge on any atom is 0.291 e. The van der Waals surface area contributed by atoms with Crippen molar-refractivity contribution in [1.82, 2.24) is 29.5 Å². The van der Waals surface area contributed by atoms with Gasteiger partial charge in [0, 0.05) is 44.8 Å². The van der Waals surface area contributed by atoms with Crippen molar-refractivity contribution in [2.75, 3.05) is 33.3 Å². The Balaban J connectivity index is 1.44. The summed E-state index contributed by atoms with van der Waals surface area (Å²) in [6.07, 6.45) is 9.49. The van der Waals surface area contributed by atoms with Crippen LogP contribution in [-0.2, 0) is 13.6 Å². The molecule has 0 bridgehead atoms. The molecule has 0 saturated carbocycles. The van der Waals surface area contributed by atoms with Crippen LogP contribution in [0, 0.1) is 5.41 Å². The topological polar surface area (TPSA) is 76.4 Å². The number of carbonyl (C=O) groups excluding carboxylic acids is 1. The van der Waals surface area contributed by atoms with E-state index in [0.717, 1.165) is 39.1 Å². The highest BCUT2D eigenvalue weighted by atomic mass is 16.5. The molecule has 0 N–H and O–H groups in total. The third-order valence-electron chi connectivity index (χ3n) is 6.05. The molecule has 1 unspecified atom stereocenters. The minimum atomic E-state index is -0.0783. The number of hydrogen-bond donors (Lipinski definition) is 0. The number of carbonyl (C=O) groups is 1. The Bertz CT molecular complexity index is 816. The molecule has 8 heteroatoms. The molecule has 1 amide bonds. The van der Waals surface area contributed by atoms with Gasteiger partial charge in [0.2, 0.25) is 5.82 Å². The predicted octanol–water partition coefficient (Wildman–Crippen LogP) is 1.74. The Labute approximate surface area is 165 Å². The summed E-state index contributed by atoms with van der Waals surface area (Å²) in [6, 6.07) is 2.08. The number of ether oxygens (including phenoxy) is 1. The smallest absolute Gasteiger partial charge is 0.291 e. The second kappa shape index (κ2) is 7.87. The average Bonchev–Trinajstić information content (AvgIpc) is 3.12. The average molecular weight is 384 g/mol. The molecule has 8 nitrogen and oxygen atoms in total. The standard InChI is InChI=1S/C20H28N6O2/c1-24-16(5-8-23-24)13-25-9-3-6-20(14-25)7-4-10-26(15-20)19(27)18-21-11-17(28-2)12-22-18/h5,8,11-12H,3-4,6-7,9-10,13-15H2,1-2H3. The van der Waals surface area contributed by atoms with Gasteiger partial charge in [-0.3, -0.25) is 14.4 Å². The summed E-state index contributed by atoms with van der Waals surface area (Å²) in [7, 11) is 3.56.